The number of benzene rings is 1. The highest BCUT2D eigenvalue weighted by molar-refractivity contribution is 5.94. The number of likely N-dealkylation sites (N-methyl/N-ethyl adjacent to an activating group) is 1. The van der Waals surface area contributed by atoms with Gasteiger partial charge in [0.15, 0.2) is 5.82 Å². The third kappa shape index (κ3) is 2.65. The Balaban J connectivity index is 1.84. The first-order valence-electron chi connectivity index (χ1n) is 6.94. The molecule has 3 rings (SSSR count). The summed E-state index contributed by atoms with van der Waals surface area (Å²) in [6, 6.07) is 7.63. The summed E-state index contributed by atoms with van der Waals surface area (Å²) in [5.74, 6) is 0.955. The van der Waals surface area contributed by atoms with Crippen molar-refractivity contribution < 1.29 is 9.53 Å². The van der Waals surface area contributed by atoms with E-state index in [4.69, 9.17) is 4.74 Å². The summed E-state index contributed by atoms with van der Waals surface area (Å²) in [7, 11) is 3.35. The molecule has 1 aromatic carbocycles. The molecule has 2 heterocycles. The summed E-state index contributed by atoms with van der Waals surface area (Å²) in [4.78, 5) is 23.8. The van der Waals surface area contributed by atoms with Gasteiger partial charge in [-0.2, -0.15) is 0 Å². The van der Waals surface area contributed by atoms with Gasteiger partial charge < -0.3 is 15.0 Å². The summed E-state index contributed by atoms with van der Waals surface area (Å²) in [6.07, 6.45) is 3.16. The van der Waals surface area contributed by atoms with E-state index in [0.29, 0.717) is 18.2 Å². The number of hydrogen-bond acceptors (Lipinski definition) is 5. The molecule has 0 aliphatic carbocycles. The molecule has 1 fully saturated rings. The van der Waals surface area contributed by atoms with Crippen molar-refractivity contribution >= 4 is 23.2 Å². The molecule has 0 radical (unpaired) electrons. The third-order valence-corrected chi connectivity index (χ3v) is 3.50. The molecule has 1 aliphatic rings. The molecule has 7 nitrogen and oxygen atoms in total. The van der Waals surface area contributed by atoms with Gasteiger partial charge in [0, 0.05) is 43.9 Å². The molecule has 0 unspecified atom stereocenters. The minimum atomic E-state index is 0.00855. The molecule has 1 aromatic heterocycles. The van der Waals surface area contributed by atoms with Crippen molar-refractivity contribution in [1.82, 2.24) is 14.9 Å². The van der Waals surface area contributed by atoms with E-state index in [9.17, 15) is 4.79 Å². The topological polar surface area (TPSA) is 70.6 Å². The highest BCUT2D eigenvalue weighted by Gasteiger charge is 2.26. The predicted molar refractivity (Wildman–Crippen MR) is 83.7 cm³/mol. The van der Waals surface area contributed by atoms with Crippen molar-refractivity contribution in [2.75, 3.05) is 37.5 Å². The first kappa shape index (κ1) is 14.1. The van der Waals surface area contributed by atoms with Crippen LogP contribution in [0, 0.1) is 0 Å². The quantitative estimate of drug-likeness (QED) is 0.936. The number of anilines is 3. The number of urea groups is 1. The molecule has 1 aliphatic heterocycles. The summed E-state index contributed by atoms with van der Waals surface area (Å²) in [5, 5.41) is 3.16. The average molecular weight is 299 g/mol. The van der Waals surface area contributed by atoms with Crippen LogP contribution in [-0.2, 0) is 0 Å². The van der Waals surface area contributed by atoms with Gasteiger partial charge in [-0.15, -0.1) is 0 Å². The number of hydrogen-bond donors (Lipinski definition) is 1. The van der Waals surface area contributed by atoms with Crippen molar-refractivity contribution in [2.24, 2.45) is 0 Å². The maximum absolute atomic E-state index is 12.1. The Morgan fingerprint density at radius 3 is 2.77 bits per heavy atom. The fourth-order valence-electron chi connectivity index (χ4n) is 2.34. The second kappa shape index (κ2) is 5.88. The largest absolute Gasteiger partial charge is 0.478 e. The van der Waals surface area contributed by atoms with Crippen LogP contribution in [0.5, 0.6) is 5.88 Å². The van der Waals surface area contributed by atoms with Crippen LogP contribution in [0.2, 0.25) is 0 Å². The Kier molecular flexibility index (Phi) is 3.78. The van der Waals surface area contributed by atoms with Crippen LogP contribution in [-0.4, -0.2) is 48.1 Å². The Morgan fingerprint density at radius 2 is 2.05 bits per heavy atom. The zero-order chi connectivity index (χ0) is 15.5. The van der Waals surface area contributed by atoms with Crippen LogP contribution >= 0.6 is 0 Å². The van der Waals surface area contributed by atoms with E-state index >= 15 is 0 Å². The first-order chi connectivity index (χ1) is 10.7. The van der Waals surface area contributed by atoms with Crippen LogP contribution in [0.25, 0.3) is 0 Å². The highest BCUT2D eigenvalue weighted by atomic mass is 16.5. The van der Waals surface area contributed by atoms with Gasteiger partial charge in [0.05, 0.1) is 7.11 Å². The van der Waals surface area contributed by atoms with Gasteiger partial charge in [-0.25, -0.2) is 14.8 Å². The van der Waals surface area contributed by atoms with Gasteiger partial charge in [-0.05, 0) is 18.2 Å². The summed E-state index contributed by atoms with van der Waals surface area (Å²) in [6.45, 7) is 1.42. The zero-order valence-electron chi connectivity index (χ0n) is 12.5. The maximum atomic E-state index is 12.1. The Morgan fingerprint density at radius 1 is 1.23 bits per heavy atom. The van der Waals surface area contributed by atoms with E-state index in [2.05, 4.69) is 15.3 Å². The van der Waals surface area contributed by atoms with Crippen LogP contribution in [0.15, 0.2) is 36.7 Å². The number of methoxy groups -OCH3 is 1. The van der Waals surface area contributed by atoms with Gasteiger partial charge in [0.1, 0.15) is 0 Å². The minimum Gasteiger partial charge on any atom is -0.478 e. The van der Waals surface area contributed by atoms with E-state index in [1.54, 1.807) is 36.4 Å². The van der Waals surface area contributed by atoms with Gasteiger partial charge >= 0.3 is 6.03 Å². The monoisotopic (exact) mass is 299 g/mol. The number of aromatic nitrogens is 2. The molecular weight excluding hydrogens is 282 g/mol. The Hall–Kier alpha value is -2.83. The van der Waals surface area contributed by atoms with Crippen LogP contribution in [0.4, 0.5) is 22.0 Å². The lowest BCUT2D eigenvalue weighted by Crippen LogP contribution is -2.29. The zero-order valence-corrected chi connectivity index (χ0v) is 12.5. The Labute approximate surface area is 128 Å². The summed E-state index contributed by atoms with van der Waals surface area (Å²) < 4.78 is 5.17. The van der Waals surface area contributed by atoms with Crippen LogP contribution in [0.1, 0.15) is 0 Å². The number of amides is 2. The molecule has 7 heteroatoms. The molecule has 0 saturated carbocycles. The molecular formula is C15H17N5O2. The van der Waals surface area contributed by atoms with Crippen LogP contribution in [0.3, 0.4) is 0 Å². The van der Waals surface area contributed by atoms with Crippen molar-refractivity contribution in [1.29, 1.82) is 0 Å². The molecule has 0 bridgehead atoms. The van der Waals surface area contributed by atoms with Crippen molar-refractivity contribution in [3.8, 4) is 5.88 Å². The van der Waals surface area contributed by atoms with E-state index in [1.165, 1.54) is 0 Å². The number of carbonyl (C=O) groups is 1. The van der Waals surface area contributed by atoms with Crippen LogP contribution < -0.4 is 15.0 Å². The predicted octanol–water partition coefficient (Wildman–Crippen LogP) is 2.10. The van der Waals surface area contributed by atoms with E-state index in [-0.39, 0.29) is 6.03 Å². The molecule has 1 N–H and O–H groups in total. The second-order valence-corrected chi connectivity index (χ2v) is 4.95. The standard InChI is InChI=1S/C15H17N5O2/c1-19-8-9-20(15(19)21)12-5-3-4-11(10-12)18-13-14(22-2)17-7-6-16-13/h3-7,10H,8-9H2,1-2H3,(H,16,18). The number of nitrogens with one attached hydrogen (secondary N) is 1. The molecule has 0 atom stereocenters. The molecule has 114 valence electrons. The number of carbonyl (C=O) groups excluding carboxylic acids is 1. The normalized spacial score (nSPS) is 14.4. The summed E-state index contributed by atoms with van der Waals surface area (Å²) >= 11 is 0. The van der Waals surface area contributed by atoms with Gasteiger partial charge in [-0.1, -0.05) is 6.07 Å². The highest BCUT2D eigenvalue weighted by Crippen LogP contribution is 2.27. The number of nitrogens with zero attached hydrogens (tertiary/aromatic N) is 4. The average Bonchev–Trinajstić information content (AvgIpc) is 2.88. The van der Waals surface area contributed by atoms with Gasteiger partial charge in [-0.3, -0.25) is 4.90 Å². The lowest BCUT2D eigenvalue weighted by molar-refractivity contribution is 0.229. The van der Waals surface area contributed by atoms with E-state index in [0.717, 1.165) is 17.9 Å². The number of rotatable bonds is 4. The molecule has 2 aromatic rings. The van der Waals surface area contributed by atoms with E-state index < -0.39 is 0 Å². The first-order valence-corrected chi connectivity index (χ1v) is 6.94. The van der Waals surface area contributed by atoms with Gasteiger partial charge in [0.2, 0.25) is 0 Å². The van der Waals surface area contributed by atoms with Crippen molar-refractivity contribution in [2.45, 2.75) is 0 Å². The lowest BCUT2D eigenvalue weighted by Gasteiger charge is -2.17. The fraction of sp³-hybridized carbons (Fsp3) is 0.267. The SMILES string of the molecule is COc1nccnc1Nc1cccc(N2CCN(C)C2=O)c1. The third-order valence-electron chi connectivity index (χ3n) is 3.50. The lowest BCUT2D eigenvalue weighted by atomic mass is 10.2. The van der Waals surface area contributed by atoms with Gasteiger partial charge in [0.25, 0.3) is 5.88 Å². The minimum absolute atomic E-state index is 0.00855. The van der Waals surface area contributed by atoms with E-state index in [1.807, 2.05) is 24.3 Å². The number of ether oxygens (including phenoxy) is 1. The van der Waals surface area contributed by atoms with Crippen molar-refractivity contribution in [3.63, 3.8) is 0 Å². The second-order valence-electron chi connectivity index (χ2n) is 4.95. The fourth-order valence-corrected chi connectivity index (χ4v) is 2.34. The summed E-state index contributed by atoms with van der Waals surface area (Å²) in [5.41, 5.74) is 1.67. The molecule has 22 heavy (non-hydrogen) atoms. The van der Waals surface area contributed by atoms with Crippen molar-refractivity contribution in [3.05, 3.63) is 36.7 Å². The Bertz CT molecular complexity index is 691. The molecule has 0 spiro atoms. The molecule has 1 saturated heterocycles. The smallest absolute Gasteiger partial charge is 0.324 e. The maximum Gasteiger partial charge on any atom is 0.324 e. The molecule has 2 amide bonds.